The van der Waals surface area contributed by atoms with Gasteiger partial charge in [0.15, 0.2) is 0 Å². The van der Waals surface area contributed by atoms with Gasteiger partial charge in [-0.15, -0.1) is 0 Å². The Balaban J connectivity index is 2.37. The average molecular weight is 300 g/mol. The molecule has 0 atom stereocenters. The second-order valence-corrected chi connectivity index (χ2v) is 4.30. The number of furan rings is 1. The van der Waals surface area contributed by atoms with E-state index in [1.54, 1.807) is 0 Å². The summed E-state index contributed by atoms with van der Waals surface area (Å²) in [4.78, 5) is 23.2. The minimum Gasteiger partial charge on any atom is -0.460 e. The van der Waals surface area contributed by atoms with Gasteiger partial charge in [0, 0.05) is 13.2 Å². The molecule has 0 radical (unpaired) electrons. The van der Waals surface area contributed by atoms with Gasteiger partial charge in [-0.05, 0) is 37.8 Å². The van der Waals surface area contributed by atoms with Crippen LogP contribution in [0.15, 0.2) is 16.5 Å². The van der Waals surface area contributed by atoms with Crippen LogP contribution in [-0.2, 0) is 9.47 Å². The van der Waals surface area contributed by atoms with Crippen LogP contribution < -0.4 is 0 Å². The Morgan fingerprint density at radius 3 is 1.67 bits per heavy atom. The summed E-state index contributed by atoms with van der Waals surface area (Å²) in [6.07, 6.45) is 2.22. The molecule has 1 rings (SSSR count). The third-order valence-corrected chi connectivity index (χ3v) is 2.58. The van der Waals surface area contributed by atoms with Gasteiger partial charge in [-0.1, -0.05) is 0 Å². The Hall–Kier alpha value is -1.86. The number of ether oxygens (including phenoxy) is 2. The van der Waals surface area contributed by atoms with E-state index in [1.807, 2.05) is 0 Å². The van der Waals surface area contributed by atoms with Crippen LogP contribution >= 0.6 is 0 Å². The van der Waals surface area contributed by atoms with Crippen molar-refractivity contribution in [2.75, 3.05) is 26.4 Å². The maximum Gasteiger partial charge on any atom is 0.374 e. The molecule has 2 N–H and O–H groups in total. The lowest BCUT2D eigenvalue weighted by Gasteiger charge is -2.02. The van der Waals surface area contributed by atoms with Crippen LogP contribution in [0.4, 0.5) is 0 Å². The summed E-state index contributed by atoms with van der Waals surface area (Å²) in [5.74, 6) is -1.46. The molecule has 0 aliphatic rings. The molecule has 118 valence electrons. The van der Waals surface area contributed by atoms with Gasteiger partial charge in [-0.25, -0.2) is 9.59 Å². The van der Waals surface area contributed by atoms with Crippen molar-refractivity contribution in [3.63, 3.8) is 0 Å². The van der Waals surface area contributed by atoms with Crippen LogP contribution in [0.2, 0.25) is 0 Å². The van der Waals surface area contributed by atoms with E-state index in [1.165, 1.54) is 12.1 Å². The number of esters is 2. The van der Waals surface area contributed by atoms with Crippen molar-refractivity contribution in [2.45, 2.75) is 25.7 Å². The molecule has 0 amide bonds. The first-order valence-corrected chi connectivity index (χ1v) is 6.85. The third-order valence-electron chi connectivity index (χ3n) is 2.58. The summed E-state index contributed by atoms with van der Waals surface area (Å²) in [7, 11) is 0. The van der Waals surface area contributed by atoms with Crippen molar-refractivity contribution in [2.24, 2.45) is 0 Å². The minimum atomic E-state index is -0.660. The van der Waals surface area contributed by atoms with Crippen LogP contribution in [0, 0.1) is 0 Å². The van der Waals surface area contributed by atoms with Crippen molar-refractivity contribution in [3.05, 3.63) is 23.7 Å². The summed E-state index contributed by atoms with van der Waals surface area (Å²) >= 11 is 0. The lowest BCUT2D eigenvalue weighted by Crippen LogP contribution is -2.07. The lowest BCUT2D eigenvalue weighted by molar-refractivity contribution is 0.0421. The largest absolute Gasteiger partial charge is 0.460 e. The maximum absolute atomic E-state index is 11.6. The lowest BCUT2D eigenvalue weighted by atomic mass is 10.3. The smallest absolute Gasteiger partial charge is 0.374 e. The Kier molecular flexibility index (Phi) is 8.15. The molecule has 0 unspecified atom stereocenters. The quantitative estimate of drug-likeness (QED) is 0.493. The molecule has 0 fully saturated rings. The van der Waals surface area contributed by atoms with Gasteiger partial charge in [-0.3, -0.25) is 0 Å². The Morgan fingerprint density at radius 1 is 0.857 bits per heavy atom. The fourth-order valence-electron chi connectivity index (χ4n) is 1.46. The zero-order valence-electron chi connectivity index (χ0n) is 11.7. The van der Waals surface area contributed by atoms with Crippen molar-refractivity contribution in [1.82, 2.24) is 0 Å². The van der Waals surface area contributed by atoms with Gasteiger partial charge >= 0.3 is 11.9 Å². The molecular weight excluding hydrogens is 280 g/mol. The van der Waals surface area contributed by atoms with Crippen LogP contribution in [0.5, 0.6) is 0 Å². The van der Waals surface area contributed by atoms with Crippen molar-refractivity contribution >= 4 is 11.9 Å². The Morgan fingerprint density at radius 2 is 1.29 bits per heavy atom. The van der Waals surface area contributed by atoms with Gasteiger partial charge in [0.2, 0.25) is 11.5 Å². The summed E-state index contributed by atoms with van der Waals surface area (Å²) in [6.45, 7) is 0.456. The fraction of sp³-hybridized carbons (Fsp3) is 0.571. The number of carbonyl (C=O) groups is 2. The molecule has 0 saturated heterocycles. The number of hydrogen-bond donors (Lipinski definition) is 2. The van der Waals surface area contributed by atoms with E-state index in [-0.39, 0.29) is 37.9 Å². The highest BCUT2D eigenvalue weighted by Crippen LogP contribution is 2.11. The fourth-order valence-corrected chi connectivity index (χ4v) is 1.46. The van der Waals surface area contributed by atoms with Crippen molar-refractivity contribution in [1.29, 1.82) is 0 Å². The van der Waals surface area contributed by atoms with Crippen LogP contribution in [0.3, 0.4) is 0 Å². The Labute approximate surface area is 122 Å². The number of rotatable bonds is 10. The molecule has 1 heterocycles. The third kappa shape index (κ3) is 6.42. The number of aliphatic hydroxyl groups is 2. The highest BCUT2D eigenvalue weighted by molar-refractivity contribution is 5.90. The van der Waals surface area contributed by atoms with Crippen LogP contribution in [0.25, 0.3) is 0 Å². The molecule has 0 aliphatic heterocycles. The first kappa shape index (κ1) is 17.2. The van der Waals surface area contributed by atoms with Crippen molar-refractivity contribution in [3.8, 4) is 0 Å². The van der Waals surface area contributed by atoms with E-state index < -0.39 is 11.9 Å². The molecule has 0 aliphatic carbocycles. The molecule has 0 bridgehead atoms. The van der Waals surface area contributed by atoms with Gasteiger partial charge < -0.3 is 24.1 Å². The van der Waals surface area contributed by atoms with Gasteiger partial charge in [0.05, 0.1) is 13.2 Å². The summed E-state index contributed by atoms with van der Waals surface area (Å²) < 4.78 is 14.9. The van der Waals surface area contributed by atoms with E-state index >= 15 is 0 Å². The maximum atomic E-state index is 11.6. The van der Waals surface area contributed by atoms with Crippen molar-refractivity contribution < 1.29 is 33.7 Å². The first-order valence-electron chi connectivity index (χ1n) is 6.85. The van der Waals surface area contributed by atoms with Crippen LogP contribution in [-0.4, -0.2) is 48.6 Å². The molecule has 7 heteroatoms. The number of aliphatic hydroxyl groups excluding tert-OH is 2. The molecule has 0 saturated carbocycles. The van der Waals surface area contributed by atoms with E-state index in [0.717, 1.165) is 0 Å². The second kappa shape index (κ2) is 9.95. The van der Waals surface area contributed by atoms with Crippen LogP contribution in [0.1, 0.15) is 46.8 Å². The zero-order valence-corrected chi connectivity index (χ0v) is 11.7. The molecule has 0 spiro atoms. The molecule has 0 aromatic carbocycles. The highest BCUT2D eigenvalue weighted by atomic mass is 16.6. The standard InChI is InChI=1S/C14H20O7/c15-7-1-3-9-19-13(17)11-5-6-12(21-11)14(18)20-10-4-2-8-16/h5-6,15-16H,1-4,7-10H2. The number of hydrogen-bond acceptors (Lipinski definition) is 7. The molecular formula is C14H20O7. The zero-order chi connectivity index (χ0) is 15.5. The molecule has 7 nitrogen and oxygen atoms in total. The van der Waals surface area contributed by atoms with E-state index in [0.29, 0.717) is 25.7 Å². The average Bonchev–Trinajstić information content (AvgIpc) is 2.98. The molecule has 21 heavy (non-hydrogen) atoms. The monoisotopic (exact) mass is 300 g/mol. The topological polar surface area (TPSA) is 106 Å². The SMILES string of the molecule is O=C(OCCCCO)c1ccc(C(=O)OCCCCO)o1. The van der Waals surface area contributed by atoms with E-state index in [2.05, 4.69) is 0 Å². The number of carbonyl (C=O) groups excluding carboxylic acids is 2. The van der Waals surface area contributed by atoms with E-state index in [9.17, 15) is 9.59 Å². The van der Waals surface area contributed by atoms with E-state index in [4.69, 9.17) is 24.1 Å². The highest BCUT2D eigenvalue weighted by Gasteiger charge is 2.17. The Bertz CT molecular complexity index is 400. The van der Waals surface area contributed by atoms with Gasteiger partial charge in [0.25, 0.3) is 0 Å². The second-order valence-electron chi connectivity index (χ2n) is 4.30. The predicted octanol–water partition coefficient (Wildman–Crippen LogP) is 1.14. The molecule has 1 aromatic heterocycles. The summed E-state index contributed by atoms with van der Waals surface area (Å²) in [5, 5.41) is 17.2. The normalized spacial score (nSPS) is 10.4. The van der Waals surface area contributed by atoms with Gasteiger partial charge in [0.1, 0.15) is 0 Å². The number of unbranched alkanes of at least 4 members (excludes halogenated alkanes) is 2. The first-order chi connectivity index (χ1) is 10.2. The molecule has 1 aromatic rings. The summed E-state index contributed by atoms with van der Waals surface area (Å²) in [6, 6.07) is 2.69. The van der Waals surface area contributed by atoms with Gasteiger partial charge in [-0.2, -0.15) is 0 Å². The summed E-state index contributed by atoms with van der Waals surface area (Å²) in [5.41, 5.74) is 0. The minimum absolute atomic E-state index is 0.0462. The predicted molar refractivity (Wildman–Crippen MR) is 71.9 cm³/mol.